The molecule has 0 aliphatic carbocycles. The lowest BCUT2D eigenvalue weighted by atomic mass is 10.1. The Morgan fingerprint density at radius 2 is 0.900 bits per heavy atom. The molecular weight excluding hydrogens is 368 g/mol. The number of allylic oxidation sites excluding steroid dienone is 14. The van der Waals surface area contributed by atoms with E-state index in [1.165, 1.54) is 0 Å². The van der Waals surface area contributed by atoms with Gasteiger partial charge in [-0.1, -0.05) is 98.4 Å². The average Bonchev–Trinajstić information content (AvgIpc) is 2.73. The number of carboxylic acid groups (broad SMARTS) is 1. The first kappa shape index (κ1) is 27.6. The van der Waals surface area contributed by atoms with Gasteiger partial charge in [0.05, 0.1) is 0 Å². The number of carboxylic acids is 1. The summed E-state index contributed by atoms with van der Waals surface area (Å²) in [5.74, 6) is -0.691. The topological polar surface area (TPSA) is 37.3 Å². The van der Waals surface area contributed by atoms with Crippen molar-refractivity contribution >= 4 is 5.97 Å². The largest absolute Gasteiger partial charge is 0.481 e. The van der Waals surface area contributed by atoms with Gasteiger partial charge in [-0.2, -0.15) is 0 Å². The first-order chi connectivity index (χ1) is 14.8. The Morgan fingerprint density at radius 1 is 0.533 bits per heavy atom. The van der Waals surface area contributed by atoms with E-state index in [4.69, 9.17) is 5.11 Å². The van der Waals surface area contributed by atoms with Crippen LogP contribution in [0, 0.1) is 0 Å². The minimum absolute atomic E-state index is 0.294. The van der Waals surface area contributed by atoms with Gasteiger partial charge in [0.25, 0.3) is 0 Å². The van der Waals surface area contributed by atoms with Crippen LogP contribution in [0.5, 0.6) is 0 Å². The van der Waals surface area contributed by atoms with E-state index in [0.717, 1.165) is 70.6 Å². The van der Waals surface area contributed by atoms with Crippen LogP contribution in [-0.4, -0.2) is 11.1 Å². The maximum Gasteiger partial charge on any atom is 0.303 e. The SMILES string of the molecule is CC/C=C\C/C=C\C/C=C\C/C=C\C/C=C\C/C=C\C/C=C\CCCCCC(=O)O. The highest BCUT2D eigenvalue weighted by Crippen LogP contribution is 2.04. The fraction of sp³-hybridized carbons (Fsp3) is 0.464. The molecule has 1 N–H and O–H groups in total. The molecular formula is C28H42O2. The molecule has 0 aromatic heterocycles. The van der Waals surface area contributed by atoms with Crippen molar-refractivity contribution in [3.8, 4) is 0 Å². The lowest BCUT2D eigenvalue weighted by Gasteiger charge is -1.94. The zero-order valence-electron chi connectivity index (χ0n) is 18.9. The Hall–Kier alpha value is -2.35. The van der Waals surface area contributed by atoms with Crippen LogP contribution < -0.4 is 0 Å². The van der Waals surface area contributed by atoms with Crippen LogP contribution in [0.4, 0.5) is 0 Å². The second-order valence-electron chi connectivity index (χ2n) is 7.12. The van der Waals surface area contributed by atoms with Crippen LogP contribution in [0.1, 0.15) is 84.0 Å². The molecule has 0 aliphatic rings. The Bertz CT molecular complexity index is 586. The second kappa shape index (κ2) is 24.7. The van der Waals surface area contributed by atoms with E-state index in [9.17, 15) is 4.79 Å². The summed E-state index contributed by atoms with van der Waals surface area (Å²) in [6.45, 7) is 2.16. The summed E-state index contributed by atoms with van der Waals surface area (Å²) in [5.41, 5.74) is 0. The third-order valence-electron chi connectivity index (χ3n) is 4.30. The molecule has 0 radical (unpaired) electrons. The molecule has 0 unspecified atom stereocenters. The molecule has 0 aromatic carbocycles. The van der Waals surface area contributed by atoms with Gasteiger partial charge in [-0.25, -0.2) is 0 Å². The van der Waals surface area contributed by atoms with Gasteiger partial charge in [0.15, 0.2) is 0 Å². The van der Waals surface area contributed by atoms with Crippen molar-refractivity contribution in [2.24, 2.45) is 0 Å². The van der Waals surface area contributed by atoms with Crippen LogP contribution in [0.15, 0.2) is 85.1 Å². The number of hydrogen-bond acceptors (Lipinski definition) is 1. The summed E-state index contributed by atoms with van der Waals surface area (Å²) in [4.78, 5) is 10.4. The summed E-state index contributed by atoms with van der Waals surface area (Å²) in [6.07, 6.45) is 42.2. The highest BCUT2D eigenvalue weighted by Gasteiger charge is 1.94. The standard InChI is InChI=1S/C28H42O2/c1-2-3-4-5-6-7-8-9-10-11-12-13-14-15-16-17-18-19-20-21-22-23-24-25-26-27-28(29)30/h3-4,6-7,9-10,12-13,15-16,18-19,21-22H,2,5,8,11,14,17,20,23-27H2,1H3,(H,29,30)/b4-3-,7-6-,10-9-,13-12-,16-15-,19-18-,22-21-. The van der Waals surface area contributed by atoms with Crippen molar-refractivity contribution in [1.29, 1.82) is 0 Å². The molecule has 0 spiro atoms. The third-order valence-corrected chi connectivity index (χ3v) is 4.30. The Balaban J connectivity index is 3.50. The van der Waals surface area contributed by atoms with E-state index < -0.39 is 5.97 Å². The molecule has 0 aliphatic heterocycles. The van der Waals surface area contributed by atoms with Gasteiger partial charge >= 0.3 is 5.97 Å². The van der Waals surface area contributed by atoms with Gasteiger partial charge in [-0.05, 0) is 64.2 Å². The number of aliphatic carboxylic acids is 1. The van der Waals surface area contributed by atoms with Gasteiger partial charge in [-0.3, -0.25) is 4.79 Å². The van der Waals surface area contributed by atoms with E-state index in [1.807, 2.05) is 0 Å². The number of carbonyl (C=O) groups is 1. The number of rotatable bonds is 19. The number of hydrogen-bond donors (Lipinski definition) is 1. The molecule has 0 amide bonds. The Morgan fingerprint density at radius 3 is 1.27 bits per heavy atom. The van der Waals surface area contributed by atoms with Gasteiger partial charge in [0, 0.05) is 6.42 Å². The predicted octanol–water partition coefficient (Wildman–Crippen LogP) is 8.67. The second-order valence-corrected chi connectivity index (χ2v) is 7.12. The van der Waals surface area contributed by atoms with Crippen LogP contribution in [0.2, 0.25) is 0 Å². The first-order valence-electron chi connectivity index (χ1n) is 11.5. The van der Waals surface area contributed by atoms with Gasteiger partial charge in [0.1, 0.15) is 0 Å². The smallest absolute Gasteiger partial charge is 0.303 e. The van der Waals surface area contributed by atoms with Crippen molar-refractivity contribution in [3.05, 3.63) is 85.1 Å². The van der Waals surface area contributed by atoms with Crippen molar-refractivity contribution < 1.29 is 9.90 Å². The molecule has 0 heterocycles. The zero-order chi connectivity index (χ0) is 22.0. The molecule has 0 saturated carbocycles. The normalized spacial score (nSPS) is 13.1. The molecule has 2 nitrogen and oxygen atoms in total. The lowest BCUT2D eigenvalue weighted by molar-refractivity contribution is -0.137. The summed E-state index contributed by atoms with van der Waals surface area (Å²) >= 11 is 0. The van der Waals surface area contributed by atoms with Crippen molar-refractivity contribution in [1.82, 2.24) is 0 Å². The average molecular weight is 411 g/mol. The molecule has 0 aromatic rings. The van der Waals surface area contributed by atoms with Crippen molar-refractivity contribution in [2.45, 2.75) is 84.0 Å². The van der Waals surface area contributed by atoms with Crippen molar-refractivity contribution in [3.63, 3.8) is 0 Å². The molecule has 0 saturated heterocycles. The van der Waals surface area contributed by atoms with E-state index >= 15 is 0 Å². The Kier molecular flexibility index (Phi) is 22.8. The van der Waals surface area contributed by atoms with Crippen LogP contribution in [0.25, 0.3) is 0 Å². The van der Waals surface area contributed by atoms with E-state index in [1.54, 1.807) is 0 Å². The highest BCUT2D eigenvalue weighted by atomic mass is 16.4. The predicted molar refractivity (Wildman–Crippen MR) is 133 cm³/mol. The quantitative estimate of drug-likeness (QED) is 0.171. The first-order valence-corrected chi connectivity index (χ1v) is 11.5. The summed E-state index contributed by atoms with van der Waals surface area (Å²) in [6, 6.07) is 0. The minimum atomic E-state index is -0.691. The summed E-state index contributed by atoms with van der Waals surface area (Å²) in [7, 11) is 0. The molecule has 0 bridgehead atoms. The van der Waals surface area contributed by atoms with Crippen LogP contribution in [-0.2, 0) is 4.79 Å². The monoisotopic (exact) mass is 410 g/mol. The minimum Gasteiger partial charge on any atom is -0.481 e. The maximum atomic E-state index is 10.4. The van der Waals surface area contributed by atoms with Crippen LogP contribution >= 0.6 is 0 Å². The third kappa shape index (κ3) is 25.6. The number of unbranched alkanes of at least 4 members (excludes halogenated alkanes) is 3. The van der Waals surface area contributed by atoms with E-state index in [-0.39, 0.29) is 0 Å². The van der Waals surface area contributed by atoms with Gasteiger partial charge < -0.3 is 5.11 Å². The zero-order valence-corrected chi connectivity index (χ0v) is 18.9. The molecule has 2 heteroatoms. The maximum absolute atomic E-state index is 10.4. The van der Waals surface area contributed by atoms with Gasteiger partial charge in [0.2, 0.25) is 0 Å². The van der Waals surface area contributed by atoms with E-state index in [0.29, 0.717) is 6.42 Å². The molecule has 30 heavy (non-hydrogen) atoms. The molecule has 0 atom stereocenters. The molecule has 0 rings (SSSR count). The highest BCUT2D eigenvalue weighted by molar-refractivity contribution is 5.66. The molecule has 166 valence electrons. The van der Waals surface area contributed by atoms with Crippen molar-refractivity contribution in [2.75, 3.05) is 0 Å². The lowest BCUT2D eigenvalue weighted by Crippen LogP contribution is -1.93. The van der Waals surface area contributed by atoms with E-state index in [2.05, 4.69) is 92.0 Å². The summed E-state index contributed by atoms with van der Waals surface area (Å²) < 4.78 is 0. The molecule has 0 fully saturated rings. The van der Waals surface area contributed by atoms with Crippen LogP contribution in [0.3, 0.4) is 0 Å². The summed E-state index contributed by atoms with van der Waals surface area (Å²) in [5, 5.41) is 8.56. The Labute approximate surface area is 185 Å². The fourth-order valence-corrected chi connectivity index (χ4v) is 2.63. The van der Waals surface area contributed by atoms with Gasteiger partial charge in [-0.15, -0.1) is 0 Å². The fourth-order valence-electron chi connectivity index (χ4n) is 2.63.